The first kappa shape index (κ1) is 11.5. The van der Waals surface area contributed by atoms with Crippen LogP contribution in [0.25, 0.3) is 0 Å². The van der Waals surface area contributed by atoms with Crippen molar-refractivity contribution >= 4 is 5.97 Å². The first-order valence-corrected chi connectivity index (χ1v) is 5.06. The molecule has 2 rings (SSSR count). The fraction of sp³-hybridized carbons (Fsp3) is 0.364. The SMILES string of the molecule is COC(=O)C(N)COc1ccc2c(c1)OCO2. The molecule has 17 heavy (non-hydrogen) atoms. The lowest BCUT2D eigenvalue weighted by molar-refractivity contribution is -0.142. The van der Waals surface area contributed by atoms with Gasteiger partial charge in [-0.15, -0.1) is 0 Å². The van der Waals surface area contributed by atoms with Gasteiger partial charge in [-0.05, 0) is 12.1 Å². The number of hydrogen-bond acceptors (Lipinski definition) is 6. The monoisotopic (exact) mass is 239 g/mol. The molecular formula is C11H13NO5. The van der Waals surface area contributed by atoms with Gasteiger partial charge in [-0.1, -0.05) is 0 Å². The molecule has 0 saturated heterocycles. The van der Waals surface area contributed by atoms with E-state index in [1.807, 2.05) is 0 Å². The lowest BCUT2D eigenvalue weighted by Gasteiger charge is -2.11. The van der Waals surface area contributed by atoms with E-state index in [1.54, 1.807) is 18.2 Å². The molecule has 6 nitrogen and oxygen atoms in total. The number of esters is 1. The van der Waals surface area contributed by atoms with Gasteiger partial charge in [0.15, 0.2) is 11.5 Å². The molecule has 1 aromatic rings. The number of carbonyl (C=O) groups excluding carboxylic acids is 1. The van der Waals surface area contributed by atoms with E-state index in [2.05, 4.69) is 4.74 Å². The average Bonchev–Trinajstić information content (AvgIpc) is 2.82. The highest BCUT2D eigenvalue weighted by molar-refractivity contribution is 5.75. The number of carbonyl (C=O) groups is 1. The van der Waals surface area contributed by atoms with Gasteiger partial charge in [0, 0.05) is 6.07 Å². The van der Waals surface area contributed by atoms with Gasteiger partial charge in [0.05, 0.1) is 7.11 Å². The third kappa shape index (κ3) is 2.59. The van der Waals surface area contributed by atoms with Crippen LogP contribution in [0, 0.1) is 0 Å². The molecule has 0 aromatic heterocycles. The van der Waals surface area contributed by atoms with Crippen LogP contribution in [0.1, 0.15) is 0 Å². The van der Waals surface area contributed by atoms with Crippen molar-refractivity contribution in [2.45, 2.75) is 6.04 Å². The van der Waals surface area contributed by atoms with Crippen LogP contribution in [0.15, 0.2) is 18.2 Å². The van der Waals surface area contributed by atoms with Gasteiger partial charge < -0.3 is 24.7 Å². The van der Waals surface area contributed by atoms with Crippen LogP contribution in [-0.2, 0) is 9.53 Å². The second-order valence-corrected chi connectivity index (χ2v) is 3.46. The molecule has 1 unspecified atom stereocenters. The third-order valence-electron chi connectivity index (χ3n) is 2.28. The molecule has 1 aromatic carbocycles. The zero-order valence-electron chi connectivity index (χ0n) is 9.34. The van der Waals surface area contributed by atoms with Crippen molar-refractivity contribution in [3.05, 3.63) is 18.2 Å². The smallest absolute Gasteiger partial charge is 0.326 e. The maximum absolute atomic E-state index is 11.0. The molecular weight excluding hydrogens is 226 g/mol. The Morgan fingerprint density at radius 1 is 1.47 bits per heavy atom. The third-order valence-corrected chi connectivity index (χ3v) is 2.28. The number of nitrogens with two attached hydrogens (primary N) is 1. The highest BCUT2D eigenvalue weighted by atomic mass is 16.7. The number of ether oxygens (including phenoxy) is 4. The Morgan fingerprint density at radius 3 is 3.00 bits per heavy atom. The summed E-state index contributed by atoms with van der Waals surface area (Å²) in [5.74, 6) is 1.35. The van der Waals surface area contributed by atoms with Crippen molar-refractivity contribution in [2.24, 2.45) is 5.73 Å². The fourth-order valence-electron chi connectivity index (χ4n) is 1.37. The topological polar surface area (TPSA) is 80.0 Å². The second kappa shape index (κ2) is 4.92. The number of hydrogen-bond donors (Lipinski definition) is 1. The van der Waals surface area contributed by atoms with Crippen molar-refractivity contribution in [2.75, 3.05) is 20.5 Å². The van der Waals surface area contributed by atoms with Gasteiger partial charge in [0.2, 0.25) is 6.79 Å². The largest absolute Gasteiger partial charge is 0.491 e. The molecule has 0 amide bonds. The summed E-state index contributed by atoms with van der Waals surface area (Å²) < 4.78 is 20.2. The van der Waals surface area contributed by atoms with E-state index in [-0.39, 0.29) is 13.4 Å². The number of methoxy groups -OCH3 is 1. The summed E-state index contributed by atoms with van der Waals surface area (Å²) in [6.45, 7) is 0.257. The van der Waals surface area contributed by atoms with E-state index in [9.17, 15) is 4.79 Å². The van der Waals surface area contributed by atoms with Gasteiger partial charge in [-0.25, -0.2) is 0 Å². The predicted octanol–water partition coefficient (Wildman–Crippen LogP) is 0.294. The molecule has 1 aliphatic heterocycles. The number of benzene rings is 1. The molecule has 1 heterocycles. The quantitative estimate of drug-likeness (QED) is 0.761. The summed E-state index contributed by atoms with van der Waals surface area (Å²) in [7, 11) is 1.28. The molecule has 0 spiro atoms. The Bertz CT molecular complexity index is 420. The van der Waals surface area contributed by atoms with E-state index in [0.717, 1.165) is 0 Å². The average molecular weight is 239 g/mol. The summed E-state index contributed by atoms with van der Waals surface area (Å²) in [5.41, 5.74) is 5.53. The van der Waals surface area contributed by atoms with Crippen LogP contribution in [0.5, 0.6) is 17.2 Å². The van der Waals surface area contributed by atoms with Crippen molar-refractivity contribution in [3.8, 4) is 17.2 Å². The van der Waals surface area contributed by atoms with Crippen molar-refractivity contribution < 1.29 is 23.7 Å². The summed E-state index contributed by atoms with van der Waals surface area (Å²) in [5, 5.41) is 0. The van der Waals surface area contributed by atoms with Crippen LogP contribution in [0.3, 0.4) is 0 Å². The Hall–Kier alpha value is -1.95. The van der Waals surface area contributed by atoms with E-state index in [1.165, 1.54) is 7.11 Å². The van der Waals surface area contributed by atoms with Crippen molar-refractivity contribution in [1.82, 2.24) is 0 Å². The molecule has 0 fully saturated rings. The molecule has 0 saturated carbocycles. The minimum absolute atomic E-state index is 0.0479. The fourth-order valence-corrected chi connectivity index (χ4v) is 1.37. The molecule has 6 heteroatoms. The number of rotatable bonds is 4. The summed E-state index contributed by atoms with van der Waals surface area (Å²) in [6.07, 6.45) is 0. The highest BCUT2D eigenvalue weighted by Crippen LogP contribution is 2.34. The zero-order valence-corrected chi connectivity index (χ0v) is 9.34. The predicted molar refractivity (Wildman–Crippen MR) is 58.1 cm³/mol. The van der Waals surface area contributed by atoms with Gasteiger partial charge in [-0.3, -0.25) is 4.79 Å². The van der Waals surface area contributed by atoms with Crippen LogP contribution >= 0.6 is 0 Å². The zero-order chi connectivity index (χ0) is 12.3. The van der Waals surface area contributed by atoms with Crippen LogP contribution in [0.2, 0.25) is 0 Å². The van der Waals surface area contributed by atoms with Crippen LogP contribution in [0.4, 0.5) is 0 Å². The summed E-state index contributed by atoms with van der Waals surface area (Å²) in [4.78, 5) is 11.0. The maximum atomic E-state index is 11.0. The standard InChI is InChI=1S/C11H13NO5/c1-14-11(13)8(12)5-15-7-2-3-9-10(4-7)17-6-16-9/h2-4,8H,5-6,12H2,1H3. The Morgan fingerprint density at radius 2 is 2.24 bits per heavy atom. The Labute approximate surface area is 98.2 Å². The van der Waals surface area contributed by atoms with Crippen LogP contribution < -0.4 is 19.9 Å². The molecule has 1 atom stereocenters. The minimum atomic E-state index is -0.801. The van der Waals surface area contributed by atoms with E-state index >= 15 is 0 Å². The lowest BCUT2D eigenvalue weighted by atomic mass is 10.3. The summed E-state index contributed by atoms with van der Waals surface area (Å²) >= 11 is 0. The Kier molecular flexibility index (Phi) is 3.34. The lowest BCUT2D eigenvalue weighted by Crippen LogP contribution is -2.37. The normalized spacial score (nSPS) is 14.2. The molecule has 0 bridgehead atoms. The first-order chi connectivity index (χ1) is 8.20. The van der Waals surface area contributed by atoms with Gasteiger partial charge in [-0.2, -0.15) is 0 Å². The second-order valence-electron chi connectivity index (χ2n) is 3.46. The van der Waals surface area contributed by atoms with Gasteiger partial charge >= 0.3 is 5.97 Å². The van der Waals surface area contributed by atoms with Gasteiger partial charge in [0.25, 0.3) is 0 Å². The van der Waals surface area contributed by atoms with E-state index in [0.29, 0.717) is 17.2 Å². The van der Waals surface area contributed by atoms with Crippen molar-refractivity contribution in [3.63, 3.8) is 0 Å². The molecule has 0 radical (unpaired) electrons. The van der Waals surface area contributed by atoms with Crippen LogP contribution in [-0.4, -0.2) is 32.5 Å². The van der Waals surface area contributed by atoms with Gasteiger partial charge in [0.1, 0.15) is 18.4 Å². The molecule has 92 valence electrons. The van der Waals surface area contributed by atoms with Crippen molar-refractivity contribution in [1.29, 1.82) is 0 Å². The Balaban J connectivity index is 1.93. The molecule has 1 aliphatic rings. The van der Waals surface area contributed by atoms with E-state index in [4.69, 9.17) is 19.9 Å². The highest BCUT2D eigenvalue weighted by Gasteiger charge is 2.16. The minimum Gasteiger partial charge on any atom is -0.491 e. The molecule has 0 aliphatic carbocycles. The van der Waals surface area contributed by atoms with E-state index < -0.39 is 12.0 Å². The first-order valence-electron chi connectivity index (χ1n) is 5.06. The molecule has 2 N–H and O–H groups in total. The summed E-state index contributed by atoms with van der Waals surface area (Å²) in [6, 6.07) is 4.34. The maximum Gasteiger partial charge on any atom is 0.326 e. The number of fused-ring (bicyclic) bond motifs is 1.